The van der Waals surface area contributed by atoms with E-state index in [9.17, 15) is 14.4 Å². The Morgan fingerprint density at radius 3 is 2.67 bits per heavy atom. The van der Waals surface area contributed by atoms with Crippen LogP contribution in [0.1, 0.15) is 22.8 Å². The molecule has 152 valence electrons. The molecule has 0 radical (unpaired) electrons. The molecule has 0 aliphatic carbocycles. The lowest BCUT2D eigenvalue weighted by molar-refractivity contribution is 0.0951. The number of fused-ring (bicyclic) bond motifs is 1. The van der Waals surface area contributed by atoms with Crippen LogP contribution in [0.4, 0.5) is 0 Å². The number of aromatic amines is 1. The number of benzene rings is 2. The van der Waals surface area contributed by atoms with E-state index in [0.717, 1.165) is 15.8 Å². The molecule has 0 bridgehead atoms. The van der Waals surface area contributed by atoms with Crippen molar-refractivity contribution in [2.45, 2.75) is 20.0 Å². The number of aromatic nitrogens is 4. The number of carbonyl (C=O) groups excluding carboxylic acids is 1. The molecule has 9 heteroatoms. The first kappa shape index (κ1) is 19.7. The summed E-state index contributed by atoms with van der Waals surface area (Å²) in [6.07, 6.45) is 3.48. The van der Waals surface area contributed by atoms with Crippen LogP contribution in [0.5, 0.6) is 0 Å². The first-order valence-corrected chi connectivity index (χ1v) is 9.68. The highest BCUT2D eigenvalue weighted by Gasteiger charge is 2.11. The van der Waals surface area contributed by atoms with Crippen molar-refractivity contribution < 1.29 is 4.79 Å². The molecule has 30 heavy (non-hydrogen) atoms. The Kier molecular flexibility index (Phi) is 5.24. The minimum Gasteiger partial charge on any atom is -0.348 e. The van der Waals surface area contributed by atoms with E-state index in [2.05, 4.69) is 15.4 Å². The molecule has 0 aliphatic rings. The largest absolute Gasteiger partial charge is 0.348 e. The number of nitrogens with one attached hydrogen (secondary N) is 2. The number of nitrogens with zero attached hydrogens (tertiary/aromatic N) is 3. The smallest absolute Gasteiger partial charge is 0.328 e. The summed E-state index contributed by atoms with van der Waals surface area (Å²) in [5.41, 5.74) is 1.47. The van der Waals surface area contributed by atoms with Crippen LogP contribution in [-0.2, 0) is 13.1 Å². The zero-order valence-electron chi connectivity index (χ0n) is 16.1. The van der Waals surface area contributed by atoms with Crippen LogP contribution in [-0.4, -0.2) is 25.2 Å². The Bertz CT molecular complexity index is 1350. The first-order chi connectivity index (χ1) is 14.5. The van der Waals surface area contributed by atoms with Gasteiger partial charge in [-0.25, -0.2) is 9.48 Å². The van der Waals surface area contributed by atoms with Gasteiger partial charge in [-0.05, 0) is 49.4 Å². The number of rotatable bonds is 5. The van der Waals surface area contributed by atoms with Crippen LogP contribution < -0.4 is 16.6 Å². The highest BCUT2D eigenvalue weighted by molar-refractivity contribution is 6.30. The molecule has 8 nitrogen and oxygen atoms in total. The summed E-state index contributed by atoms with van der Waals surface area (Å²) in [4.78, 5) is 39.5. The molecule has 2 aromatic heterocycles. The molecule has 2 N–H and O–H groups in total. The molecular formula is C21H18ClN5O3. The fraction of sp³-hybridized carbons (Fsp3) is 0.143. The number of hydrogen-bond acceptors (Lipinski definition) is 4. The normalized spacial score (nSPS) is 11.0. The summed E-state index contributed by atoms with van der Waals surface area (Å²) in [6, 6.07) is 11.9. The SMILES string of the molecule is CCn1c(=O)[nH]c2cc(C(=O)NCc3cnn(-c4ccc(Cl)cc4)c3)ccc2c1=O. The van der Waals surface area contributed by atoms with Crippen molar-refractivity contribution in [3.05, 3.63) is 91.8 Å². The van der Waals surface area contributed by atoms with Crippen molar-refractivity contribution in [3.63, 3.8) is 0 Å². The van der Waals surface area contributed by atoms with E-state index in [-0.39, 0.29) is 24.6 Å². The van der Waals surface area contributed by atoms with Crippen molar-refractivity contribution >= 4 is 28.4 Å². The molecule has 0 saturated heterocycles. The van der Waals surface area contributed by atoms with Crippen molar-refractivity contribution in [2.24, 2.45) is 0 Å². The maximum atomic E-state index is 12.5. The van der Waals surface area contributed by atoms with Gasteiger partial charge < -0.3 is 10.3 Å². The highest BCUT2D eigenvalue weighted by atomic mass is 35.5. The van der Waals surface area contributed by atoms with Gasteiger partial charge in [-0.1, -0.05) is 11.6 Å². The van der Waals surface area contributed by atoms with Crippen LogP contribution >= 0.6 is 11.6 Å². The van der Waals surface area contributed by atoms with Gasteiger partial charge in [0.2, 0.25) is 0 Å². The Morgan fingerprint density at radius 1 is 1.17 bits per heavy atom. The second-order valence-corrected chi connectivity index (χ2v) is 7.13. The van der Waals surface area contributed by atoms with Gasteiger partial charge in [0.1, 0.15) is 0 Å². The standard InChI is InChI=1S/C21H18ClN5O3/c1-2-26-20(29)17-8-3-14(9-18(17)25-21(26)30)19(28)23-10-13-11-24-27(12-13)16-6-4-15(22)5-7-16/h3-9,11-12H,2,10H2,1H3,(H,23,28)(H,25,30). The Hall–Kier alpha value is -3.65. The van der Waals surface area contributed by atoms with E-state index >= 15 is 0 Å². The summed E-state index contributed by atoms with van der Waals surface area (Å²) in [5.74, 6) is -0.323. The van der Waals surface area contributed by atoms with Gasteiger partial charge in [0.05, 0.1) is 22.8 Å². The average molecular weight is 424 g/mol. The lowest BCUT2D eigenvalue weighted by Crippen LogP contribution is -2.34. The minimum absolute atomic E-state index is 0.274. The Labute approximate surface area is 175 Å². The zero-order chi connectivity index (χ0) is 21.3. The highest BCUT2D eigenvalue weighted by Crippen LogP contribution is 2.14. The van der Waals surface area contributed by atoms with Crippen LogP contribution in [0.15, 0.2) is 64.4 Å². The number of H-pyrrole nitrogens is 1. The van der Waals surface area contributed by atoms with Crippen LogP contribution in [0.2, 0.25) is 5.02 Å². The van der Waals surface area contributed by atoms with Crippen molar-refractivity contribution in [1.82, 2.24) is 24.6 Å². The van der Waals surface area contributed by atoms with E-state index in [1.165, 1.54) is 6.07 Å². The summed E-state index contributed by atoms with van der Waals surface area (Å²) in [6.45, 7) is 2.27. The van der Waals surface area contributed by atoms with Crippen LogP contribution in [0, 0.1) is 0 Å². The third-order valence-electron chi connectivity index (χ3n) is 4.74. The topological polar surface area (TPSA) is 102 Å². The predicted octanol–water partition coefficient (Wildman–Crippen LogP) is 2.48. The molecule has 0 saturated carbocycles. The van der Waals surface area contributed by atoms with Crippen LogP contribution in [0.3, 0.4) is 0 Å². The molecule has 0 aliphatic heterocycles. The fourth-order valence-corrected chi connectivity index (χ4v) is 3.28. The van der Waals surface area contributed by atoms with Gasteiger partial charge in [-0.3, -0.25) is 14.2 Å². The van der Waals surface area contributed by atoms with Crippen LogP contribution in [0.25, 0.3) is 16.6 Å². The predicted molar refractivity (Wildman–Crippen MR) is 114 cm³/mol. The molecule has 0 unspecified atom stereocenters. The maximum Gasteiger partial charge on any atom is 0.328 e. The maximum absolute atomic E-state index is 12.5. The molecule has 4 rings (SSSR count). The Morgan fingerprint density at radius 2 is 1.93 bits per heavy atom. The van der Waals surface area contributed by atoms with E-state index in [4.69, 9.17) is 11.6 Å². The molecule has 0 atom stereocenters. The molecular weight excluding hydrogens is 406 g/mol. The molecule has 2 aromatic carbocycles. The fourth-order valence-electron chi connectivity index (χ4n) is 3.15. The first-order valence-electron chi connectivity index (χ1n) is 9.31. The van der Waals surface area contributed by atoms with Crippen molar-refractivity contribution in [2.75, 3.05) is 0 Å². The summed E-state index contributed by atoms with van der Waals surface area (Å²) >= 11 is 5.90. The van der Waals surface area contributed by atoms with E-state index < -0.39 is 5.69 Å². The number of carbonyl (C=O) groups is 1. The second kappa shape index (κ2) is 8.00. The van der Waals surface area contributed by atoms with E-state index in [0.29, 0.717) is 21.5 Å². The van der Waals surface area contributed by atoms with Gasteiger partial charge in [-0.15, -0.1) is 0 Å². The number of amides is 1. The quantitative estimate of drug-likeness (QED) is 0.514. The molecule has 2 heterocycles. The lowest BCUT2D eigenvalue weighted by Gasteiger charge is -2.07. The van der Waals surface area contributed by atoms with Gasteiger partial charge in [0.15, 0.2) is 0 Å². The zero-order valence-corrected chi connectivity index (χ0v) is 16.8. The second-order valence-electron chi connectivity index (χ2n) is 6.69. The van der Waals surface area contributed by atoms with Gasteiger partial charge in [-0.2, -0.15) is 5.10 Å². The summed E-state index contributed by atoms with van der Waals surface area (Å²) < 4.78 is 2.80. The van der Waals surface area contributed by atoms with Gasteiger partial charge >= 0.3 is 5.69 Å². The third kappa shape index (κ3) is 3.77. The van der Waals surface area contributed by atoms with Gasteiger partial charge in [0, 0.05) is 35.4 Å². The third-order valence-corrected chi connectivity index (χ3v) is 4.99. The molecule has 0 spiro atoms. The molecule has 0 fully saturated rings. The monoisotopic (exact) mass is 423 g/mol. The Balaban J connectivity index is 1.50. The number of hydrogen-bond donors (Lipinski definition) is 2. The minimum atomic E-state index is -0.498. The molecule has 1 amide bonds. The summed E-state index contributed by atoms with van der Waals surface area (Å²) in [5, 5.41) is 8.11. The number of halogens is 1. The molecule has 4 aromatic rings. The lowest BCUT2D eigenvalue weighted by atomic mass is 10.1. The van der Waals surface area contributed by atoms with Crippen molar-refractivity contribution in [3.8, 4) is 5.69 Å². The van der Waals surface area contributed by atoms with Crippen molar-refractivity contribution in [1.29, 1.82) is 0 Å². The van der Waals surface area contributed by atoms with E-state index in [1.54, 1.807) is 42.1 Å². The average Bonchev–Trinajstić information content (AvgIpc) is 3.21. The van der Waals surface area contributed by atoms with E-state index in [1.807, 2.05) is 18.3 Å². The summed E-state index contributed by atoms with van der Waals surface area (Å²) in [7, 11) is 0. The van der Waals surface area contributed by atoms with Gasteiger partial charge in [0.25, 0.3) is 11.5 Å².